The van der Waals surface area contributed by atoms with Crippen molar-refractivity contribution in [1.82, 2.24) is 15.1 Å². The summed E-state index contributed by atoms with van der Waals surface area (Å²) in [6.45, 7) is 1.20. The summed E-state index contributed by atoms with van der Waals surface area (Å²) in [5, 5.41) is 19.4. The molecule has 5 aromatic rings. The maximum atomic E-state index is 13.7. The van der Waals surface area contributed by atoms with E-state index in [1.165, 1.54) is 24.3 Å². The van der Waals surface area contributed by atoms with Gasteiger partial charge in [0.1, 0.15) is 18.1 Å². The highest BCUT2D eigenvalue weighted by molar-refractivity contribution is 6.03. The first-order chi connectivity index (χ1) is 22.3. The quantitative estimate of drug-likeness (QED) is 0.158. The number of halogens is 3. The molecule has 0 spiro atoms. The van der Waals surface area contributed by atoms with Crippen molar-refractivity contribution in [3.8, 4) is 17.5 Å². The fourth-order valence-electron chi connectivity index (χ4n) is 5.18. The highest BCUT2D eigenvalue weighted by Gasteiger charge is 2.36. The number of amides is 1. The lowest BCUT2D eigenvalue weighted by Crippen LogP contribution is -2.25. The minimum Gasteiger partial charge on any atom is -0.489 e. The molecule has 6 rings (SSSR count). The number of anilines is 1. The minimum absolute atomic E-state index is 0.157. The van der Waals surface area contributed by atoms with Crippen LogP contribution in [-0.4, -0.2) is 22.2 Å². The van der Waals surface area contributed by atoms with Crippen LogP contribution in [-0.2, 0) is 12.8 Å². The molecule has 1 atom stereocenters. The summed E-state index contributed by atoms with van der Waals surface area (Å²) in [5.74, 6) is 0.527. The first kappa shape index (κ1) is 30.6. The second-order valence-corrected chi connectivity index (χ2v) is 11.2. The molecule has 4 aromatic carbocycles. The standard InChI is InChI=1S/C36H30F3N5O2/c37-36(38,39)33-20-31(44(43-33)29-13-6-10-26(18-29)21-40)35(45)42-28-12-7-11-27(19-28)34(41-22-24-16-17-24)30-14-4-5-15-32(30)46-23-25-8-2-1-3-9-25/h1-15,18-20,24,34,41H,16-17,22-23H2,(H,42,45). The highest BCUT2D eigenvalue weighted by Crippen LogP contribution is 2.35. The fourth-order valence-corrected chi connectivity index (χ4v) is 5.18. The highest BCUT2D eigenvalue weighted by atomic mass is 19.4. The molecule has 46 heavy (non-hydrogen) atoms. The summed E-state index contributed by atoms with van der Waals surface area (Å²) in [6, 6.07) is 33.2. The minimum atomic E-state index is -4.77. The van der Waals surface area contributed by atoms with E-state index in [0.717, 1.165) is 46.5 Å². The monoisotopic (exact) mass is 621 g/mol. The van der Waals surface area contributed by atoms with E-state index in [9.17, 15) is 23.2 Å². The van der Waals surface area contributed by atoms with Crippen molar-refractivity contribution in [3.05, 3.63) is 143 Å². The SMILES string of the molecule is N#Cc1cccc(-n2nc(C(F)(F)F)cc2C(=O)Nc2cccc(C(NCC3CC3)c3ccccc3OCc3ccccc3)c2)c1. The molecule has 0 radical (unpaired) electrons. The van der Waals surface area contributed by atoms with Crippen LogP contribution in [0.3, 0.4) is 0 Å². The van der Waals surface area contributed by atoms with E-state index in [1.54, 1.807) is 18.2 Å². The van der Waals surface area contributed by atoms with Gasteiger partial charge in [0.15, 0.2) is 5.69 Å². The Hall–Kier alpha value is -5.40. The van der Waals surface area contributed by atoms with E-state index in [-0.39, 0.29) is 23.0 Å². The van der Waals surface area contributed by atoms with Gasteiger partial charge in [-0.2, -0.15) is 23.5 Å². The maximum Gasteiger partial charge on any atom is 0.435 e. The van der Waals surface area contributed by atoms with Crippen molar-refractivity contribution < 1.29 is 22.7 Å². The van der Waals surface area contributed by atoms with Crippen LogP contribution in [0.2, 0.25) is 0 Å². The van der Waals surface area contributed by atoms with Gasteiger partial charge in [-0.3, -0.25) is 4.79 Å². The van der Waals surface area contributed by atoms with Crippen LogP contribution >= 0.6 is 0 Å². The average Bonchev–Trinajstić information content (AvgIpc) is 3.78. The molecule has 2 N–H and O–H groups in total. The van der Waals surface area contributed by atoms with Crippen molar-refractivity contribution >= 4 is 11.6 Å². The normalized spacial score (nSPS) is 13.5. The van der Waals surface area contributed by atoms with Gasteiger partial charge in [0, 0.05) is 17.3 Å². The number of alkyl halides is 3. The lowest BCUT2D eigenvalue weighted by Gasteiger charge is -2.23. The number of nitrogens with zero attached hydrogens (tertiary/aromatic N) is 3. The molecule has 1 aliphatic rings. The van der Waals surface area contributed by atoms with Crippen LogP contribution in [0, 0.1) is 17.2 Å². The number of rotatable bonds is 11. The number of nitriles is 1. The lowest BCUT2D eigenvalue weighted by atomic mass is 9.97. The van der Waals surface area contributed by atoms with Crippen molar-refractivity contribution in [3.63, 3.8) is 0 Å². The summed E-state index contributed by atoms with van der Waals surface area (Å²) < 4.78 is 48.2. The molecule has 1 unspecified atom stereocenters. The Bertz CT molecular complexity index is 1880. The molecule has 0 saturated heterocycles. The van der Waals surface area contributed by atoms with Gasteiger partial charge in [0.25, 0.3) is 5.91 Å². The Morgan fingerprint density at radius 1 is 0.957 bits per heavy atom. The smallest absolute Gasteiger partial charge is 0.435 e. The van der Waals surface area contributed by atoms with E-state index in [4.69, 9.17) is 4.74 Å². The van der Waals surface area contributed by atoms with Gasteiger partial charge in [-0.1, -0.05) is 66.7 Å². The maximum absolute atomic E-state index is 13.7. The molecule has 0 bridgehead atoms. The number of carbonyl (C=O) groups is 1. The third kappa shape index (κ3) is 7.28. The number of para-hydroxylation sites is 1. The predicted molar refractivity (Wildman–Crippen MR) is 167 cm³/mol. The number of aromatic nitrogens is 2. The molecule has 1 aromatic heterocycles. The average molecular weight is 622 g/mol. The van der Waals surface area contributed by atoms with E-state index in [1.807, 2.05) is 66.7 Å². The Labute approximate surface area is 264 Å². The Morgan fingerprint density at radius 2 is 1.72 bits per heavy atom. The van der Waals surface area contributed by atoms with Crippen molar-refractivity contribution in [1.29, 1.82) is 5.26 Å². The van der Waals surface area contributed by atoms with Gasteiger partial charge in [-0.25, -0.2) is 4.68 Å². The van der Waals surface area contributed by atoms with Crippen LogP contribution in [0.1, 0.15) is 57.3 Å². The molecular formula is C36H30F3N5O2. The van der Waals surface area contributed by atoms with Crippen molar-refractivity contribution in [2.24, 2.45) is 5.92 Å². The molecule has 1 aliphatic carbocycles. The number of hydrogen-bond donors (Lipinski definition) is 2. The molecule has 0 aliphatic heterocycles. The molecule has 1 amide bonds. The van der Waals surface area contributed by atoms with Gasteiger partial charge in [0.05, 0.1) is 23.4 Å². The molecule has 7 nitrogen and oxygen atoms in total. The lowest BCUT2D eigenvalue weighted by molar-refractivity contribution is -0.141. The van der Waals surface area contributed by atoms with E-state index >= 15 is 0 Å². The number of ether oxygens (including phenoxy) is 1. The zero-order valence-corrected chi connectivity index (χ0v) is 24.7. The van der Waals surface area contributed by atoms with Gasteiger partial charge in [0.2, 0.25) is 0 Å². The number of benzene rings is 4. The summed E-state index contributed by atoms with van der Waals surface area (Å²) in [5.41, 5.74) is 2.05. The molecule has 10 heteroatoms. The largest absolute Gasteiger partial charge is 0.489 e. The summed E-state index contributed by atoms with van der Waals surface area (Å²) in [4.78, 5) is 13.5. The second kappa shape index (κ2) is 13.3. The Balaban J connectivity index is 1.30. The topological polar surface area (TPSA) is 92.0 Å². The third-order valence-electron chi connectivity index (χ3n) is 7.70. The summed E-state index contributed by atoms with van der Waals surface area (Å²) in [7, 11) is 0. The van der Waals surface area contributed by atoms with Gasteiger partial charge in [-0.05, 0) is 72.8 Å². The van der Waals surface area contributed by atoms with E-state index in [0.29, 0.717) is 24.3 Å². The summed E-state index contributed by atoms with van der Waals surface area (Å²) in [6.07, 6.45) is -2.46. The summed E-state index contributed by atoms with van der Waals surface area (Å²) >= 11 is 0. The zero-order valence-electron chi connectivity index (χ0n) is 24.7. The van der Waals surface area contributed by atoms with Crippen LogP contribution in [0.15, 0.2) is 109 Å². The van der Waals surface area contributed by atoms with Gasteiger partial charge < -0.3 is 15.4 Å². The van der Waals surface area contributed by atoms with Crippen LogP contribution in [0.4, 0.5) is 18.9 Å². The third-order valence-corrected chi connectivity index (χ3v) is 7.70. The number of nitrogens with one attached hydrogen (secondary N) is 2. The first-order valence-corrected chi connectivity index (χ1v) is 14.9. The fraction of sp³-hybridized carbons (Fsp3) is 0.194. The van der Waals surface area contributed by atoms with E-state index in [2.05, 4.69) is 15.7 Å². The van der Waals surface area contributed by atoms with Gasteiger partial charge >= 0.3 is 6.18 Å². The van der Waals surface area contributed by atoms with Crippen LogP contribution in [0.25, 0.3) is 5.69 Å². The molecule has 1 heterocycles. The Kier molecular flexibility index (Phi) is 8.85. The second-order valence-electron chi connectivity index (χ2n) is 11.2. The molecule has 1 fully saturated rings. The van der Waals surface area contributed by atoms with Crippen molar-refractivity contribution in [2.45, 2.75) is 31.7 Å². The molecular weight excluding hydrogens is 591 g/mol. The first-order valence-electron chi connectivity index (χ1n) is 14.9. The van der Waals surface area contributed by atoms with Crippen LogP contribution < -0.4 is 15.4 Å². The van der Waals surface area contributed by atoms with Crippen LogP contribution in [0.5, 0.6) is 5.75 Å². The predicted octanol–water partition coefficient (Wildman–Crippen LogP) is 7.68. The molecule has 1 saturated carbocycles. The van der Waals surface area contributed by atoms with Crippen molar-refractivity contribution in [2.75, 3.05) is 11.9 Å². The van der Waals surface area contributed by atoms with E-state index < -0.39 is 17.8 Å². The number of carbonyl (C=O) groups excluding carboxylic acids is 1. The molecule has 232 valence electrons. The Morgan fingerprint density at radius 3 is 2.48 bits per heavy atom. The zero-order chi connectivity index (χ0) is 32.1. The van der Waals surface area contributed by atoms with Gasteiger partial charge in [-0.15, -0.1) is 0 Å². The number of hydrogen-bond acceptors (Lipinski definition) is 5.